The molecule has 0 saturated carbocycles. The molecule has 1 heterocycles. The molecule has 0 bridgehead atoms. The van der Waals surface area contributed by atoms with Crippen LogP contribution in [0.25, 0.3) is 0 Å². The highest BCUT2D eigenvalue weighted by atomic mass is 16.3. The van der Waals surface area contributed by atoms with Crippen molar-refractivity contribution in [2.75, 3.05) is 0 Å². The van der Waals surface area contributed by atoms with Crippen LogP contribution in [0.5, 0.6) is 0 Å². The second-order valence-corrected chi connectivity index (χ2v) is 2.55. The normalized spacial score (nSPS) is 11.5. The van der Waals surface area contributed by atoms with Gasteiger partial charge in [-0.25, -0.2) is 0 Å². The Balaban J connectivity index is 2.99. The molecule has 0 aliphatic rings. The van der Waals surface area contributed by atoms with Gasteiger partial charge in [0, 0.05) is 11.6 Å². The highest BCUT2D eigenvalue weighted by Gasteiger charge is 2.15. The lowest BCUT2D eigenvalue weighted by atomic mass is 9.63. The predicted molar refractivity (Wildman–Crippen MR) is 44.4 cm³/mol. The van der Waals surface area contributed by atoms with Gasteiger partial charge in [0.25, 0.3) is 0 Å². The van der Waals surface area contributed by atoms with Gasteiger partial charge in [0.1, 0.15) is 15.7 Å². The van der Waals surface area contributed by atoms with Crippen molar-refractivity contribution < 1.29 is 5.11 Å². The van der Waals surface area contributed by atoms with E-state index >= 15 is 0 Å². The number of aliphatic hydroxyl groups is 1. The molecule has 0 spiro atoms. The monoisotopic (exact) mass is 143 g/mol. The number of aryl methyl sites for hydroxylation is 1. The van der Waals surface area contributed by atoms with Crippen LogP contribution in [-0.2, 0) is 5.40 Å². The van der Waals surface area contributed by atoms with Crippen molar-refractivity contribution in [2.24, 2.45) is 0 Å². The van der Waals surface area contributed by atoms with Crippen molar-refractivity contribution in [3.63, 3.8) is 0 Å². The Bertz CT molecular complexity index is 240. The van der Waals surface area contributed by atoms with E-state index in [1.807, 2.05) is 6.92 Å². The minimum Gasteiger partial charge on any atom is -0.403 e. The lowest BCUT2D eigenvalue weighted by molar-refractivity contribution is 0.212. The van der Waals surface area contributed by atoms with E-state index in [1.54, 1.807) is 18.3 Å². The Morgan fingerprint density at radius 3 is 2.45 bits per heavy atom. The highest BCUT2D eigenvalue weighted by Crippen LogP contribution is 2.09. The van der Waals surface area contributed by atoms with Gasteiger partial charge >= 0.3 is 0 Å². The molecule has 4 heteroatoms. The zero-order valence-corrected chi connectivity index (χ0v) is 6.28. The third kappa shape index (κ3) is 2.09. The first kappa shape index (κ1) is 8.34. The quantitative estimate of drug-likeness (QED) is 0.553. The van der Waals surface area contributed by atoms with Crippen LogP contribution >= 0.6 is 0 Å². The number of pyridine rings is 1. The number of hydrogen-bond acceptors (Lipinski definition) is 2. The molecule has 0 aliphatic heterocycles. The van der Waals surface area contributed by atoms with Gasteiger partial charge < -0.3 is 5.11 Å². The van der Waals surface area contributed by atoms with E-state index in [1.165, 1.54) is 0 Å². The molecular formula is C7H7B2NO. The van der Waals surface area contributed by atoms with Crippen molar-refractivity contribution in [3.8, 4) is 0 Å². The molecule has 1 rings (SSSR count). The van der Waals surface area contributed by atoms with Crippen LogP contribution in [0.1, 0.15) is 11.3 Å². The Morgan fingerprint density at radius 1 is 1.45 bits per heavy atom. The standard InChI is InChI=1S/C7H7B2NO/c1-5-2-3-6(10-4-5)7(8,9)11/h2-4,11H,1H3. The molecule has 0 aromatic carbocycles. The first-order valence-electron chi connectivity index (χ1n) is 3.23. The van der Waals surface area contributed by atoms with E-state index in [-0.39, 0.29) is 5.69 Å². The molecule has 0 amide bonds. The molecule has 2 nitrogen and oxygen atoms in total. The molecule has 4 radical (unpaired) electrons. The molecule has 52 valence electrons. The predicted octanol–water partition coefficient (Wildman–Crippen LogP) is -0.170. The molecule has 1 N–H and O–H groups in total. The summed E-state index contributed by atoms with van der Waals surface area (Å²) >= 11 is 0. The third-order valence-corrected chi connectivity index (χ3v) is 1.32. The Hall–Kier alpha value is -0.760. The first-order chi connectivity index (χ1) is 5.00. The van der Waals surface area contributed by atoms with Crippen LogP contribution in [-0.4, -0.2) is 25.8 Å². The maximum absolute atomic E-state index is 9.07. The zero-order chi connectivity index (χ0) is 8.48. The Kier molecular flexibility index (Phi) is 2.05. The van der Waals surface area contributed by atoms with Crippen LogP contribution in [0.4, 0.5) is 0 Å². The van der Waals surface area contributed by atoms with Gasteiger partial charge in [-0.1, -0.05) is 6.07 Å². The lowest BCUT2D eigenvalue weighted by Crippen LogP contribution is -2.27. The van der Waals surface area contributed by atoms with Crippen molar-refractivity contribution in [2.45, 2.75) is 12.3 Å². The minimum atomic E-state index is -1.83. The summed E-state index contributed by atoms with van der Waals surface area (Å²) in [6.45, 7) is 1.89. The van der Waals surface area contributed by atoms with Crippen LogP contribution in [0.15, 0.2) is 18.3 Å². The topological polar surface area (TPSA) is 33.1 Å². The number of hydrogen-bond donors (Lipinski definition) is 1. The molecule has 0 unspecified atom stereocenters. The fraction of sp³-hybridized carbons (Fsp3) is 0.286. The molecule has 1 aromatic rings. The average molecular weight is 143 g/mol. The number of rotatable bonds is 1. The molecular weight excluding hydrogens is 136 g/mol. The summed E-state index contributed by atoms with van der Waals surface area (Å²) in [5, 5.41) is 7.25. The van der Waals surface area contributed by atoms with Gasteiger partial charge in [0.2, 0.25) is 0 Å². The smallest absolute Gasteiger partial charge is 0.108 e. The molecule has 11 heavy (non-hydrogen) atoms. The van der Waals surface area contributed by atoms with Crippen molar-refractivity contribution in [1.29, 1.82) is 0 Å². The third-order valence-electron chi connectivity index (χ3n) is 1.32. The maximum atomic E-state index is 9.07. The molecule has 1 aromatic heterocycles. The zero-order valence-electron chi connectivity index (χ0n) is 6.28. The van der Waals surface area contributed by atoms with E-state index in [2.05, 4.69) is 4.98 Å². The SMILES string of the molecule is [B]C([B])(O)c1ccc(C)cn1. The fourth-order valence-electron chi connectivity index (χ4n) is 0.705. The summed E-state index contributed by atoms with van der Waals surface area (Å²) in [6, 6.07) is 3.38. The summed E-state index contributed by atoms with van der Waals surface area (Å²) in [4.78, 5) is 3.85. The Morgan fingerprint density at radius 2 is 2.09 bits per heavy atom. The highest BCUT2D eigenvalue weighted by molar-refractivity contribution is 6.38. The summed E-state index contributed by atoms with van der Waals surface area (Å²) < 4.78 is 0. The van der Waals surface area contributed by atoms with E-state index in [0.717, 1.165) is 5.56 Å². The van der Waals surface area contributed by atoms with Gasteiger partial charge in [0.15, 0.2) is 0 Å². The Labute approximate surface area is 68.5 Å². The second kappa shape index (κ2) is 2.70. The second-order valence-electron chi connectivity index (χ2n) is 2.55. The van der Waals surface area contributed by atoms with Gasteiger partial charge in [-0.2, -0.15) is 0 Å². The number of nitrogens with zero attached hydrogens (tertiary/aromatic N) is 1. The fourth-order valence-corrected chi connectivity index (χ4v) is 0.705. The van der Waals surface area contributed by atoms with Crippen molar-refractivity contribution in [1.82, 2.24) is 4.98 Å². The van der Waals surface area contributed by atoms with Crippen molar-refractivity contribution >= 4 is 15.7 Å². The van der Waals surface area contributed by atoms with Crippen LogP contribution in [0, 0.1) is 6.92 Å². The summed E-state index contributed by atoms with van der Waals surface area (Å²) in [5.74, 6) is 0. The molecule has 0 saturated heterocycles. The van der Waals surface area contributed by atoms with E-state index in [0.29, 0.717) is 0 Å². The van der Waals surface area contributed by atoms with Gasteiger partial charge in [0.05, 0.1) is 5.69 Å². The van der Waals surface area contributed by atoms with E-state index < -0.39 is 5.40 Å². The van der Waals surface area contributed by atoms with Gasteiger partial charge in [-0.3, -0.25) is 4.98 Å². The summed E-state index contributed by atoms with van der Waals surface area (Å²) in [7, 11) is 10.4. The molecule has 0 fully saturated rings. The van der Waals surface area contributed by atoms with Gasteiger partial charge in [-0.15, -0.1) is 0 Å². The number of aromatic nitrogens is 1. The minimum absolute atomic E-state index is 0.267. The molecule has 0 atom stereocenters. The maximum Gasteiger partial charge on any atom is 0.108 e. The van der Waals surface area contributed by atoms with Crippen LogP contribution in [0.2, 0.25) is 0 Å². The van der Waals surface area contributed by atoms with Crippen LogP contribution < -0.4 is 0 Å². The summed E-state index contributed by atoms with van der Waals surface area (Å²) in [6.07, 6.45) is 1.60. The van der Waals surface area contributed by atoms with Gasteiger partial charge in [-0.05, 0) is 18.6 Å². The van der Waals surface area contributed by atoms with E-state index in [9.17, 15) is 0 Å². The summed E-state index contributed by atoms with van der Waals surface area (Å²) in [5.41, 5.74) is 1.26. The lowest BCUT2D eigenvalue weighted by Gasteiger charge is -2.16. The average Bonchev–Trinajstić information content (AvgIpc) is 1.86. The van der Waals surface area contributed by atoms with E-state index in [4.69, 9.17) is 20.8 Å². The van der Waals surface area contributed by atoms with Crippen LogP contribution in [0.3, 0.4) is 0 Å². The van der Waals surface area contributed by atoms with Crippen molar-refractivity contribution in [3.05, 3.63) is 29.6 Å². The molecule has 0 aliphatic carbocycles. The first-order valence-corrected chi connectivity index (χ1v) is 3.23. The largest absolute Gasteiger partial charge is 0.403 e.